The Hall–Kier alpha value is -3.94. The van der Waals surface area contributed by atoms with E-state index < -0.39 is 5.91 Å². The molecule has 0 saturated carbocycles. The molecule has 4 aromatic rings. The number of anilines is 2. The van der Waals surface area contributed by atoms with Crippen molar-refractivity contribution in [3.8, 4) is 5.95 Å². The predicted octanol–water partition coefficient (Wildman–Crippen LogP) is 3.55. The van der Waals surface area contributed by atoms with Gasteiger partial charge in [0.2, 0.25) is 11.9 Å². The van der Waals surface area contributed by atoms with Crippen LogP contribution in [0.1, 0.15) is 27.2 Å². The lowest BCUT2D eigenvalue weighted by Crippen LogP contribution is -2.12. The third kappa shape index (κ3) is 3.35. The van der Waals surface area contributed by atoms with Crippen molar-refractivity contribution in [3.05, 3.63) is 76.7 Å². The van der Waals surface area contributed by atoms with Gasteiger partial charge in [0.05, 0.1) is 5.52 Å². The standard InChI is InChI=1S/C23H21FN6O/c1-13-10-18-16(20(25)31)6-3-7-19(18)30(13)23-28-21-17(8-9-26-21)22(29-23)27-12-14-4-2-5-15(24)11-14/h2-7,10-11H,8-9,12H2,1H3,(H2,25,31)(H2,26,27,28,29). The summed E-state index contributed by atoms with van der Waals surface area (Å²) >= 11 is 0. The van der Waals surface area contributed by atoms with E-state index in [-0.39, 0.29) is 5.82 Å². The van der Waals surface area contributed by atoms with E-state index in [2.05, 4.69) is 10.6 Å². The van der Waals surface area contributed by atoms with Gasteiger partial charge in [0, 0.05) is 35.3 Å². The first-order valence-electron chi connectivity index (χ1n) is 10.1. The lowest BCUT2D eigenvalue weighted by atomic mass is 10.1. The third-order valence-electron chi connectivity index (χ3n) is 5.51. The summed E-state index contributed by atoms with van der Waals surface area (Å²) in [7, 11) is 0. The first-order valence-corrected chi connectivity index (χ1v) is 10.1. The zero-order valence-electron chi connectivity index (χ0n) is 16.9. The normalized spacial score (nSPS) is 12.6. The minimum atomic E-state index is -0.475. The summed E-state index contributed by atoms with van der Waals surface area (Å²) in [6, 6.07) is 13.8. The zero-order valence-corrected chi connectivity index (χ0v) is 16.9. The Morgan fingerprint density at radius 2 is 2.06 bits per heavy atom. The molecule has 0 atom stereocenters. The second kappa shape index (κ2) is 7.39. The third-order valence-corrected chi connectivity index (χ3v) is 5.51. The van der Waals surface area contributed by atoms with E-state index in [0.717, 1.165) is 46.5 Å². The molecule has 1 aliphatic rings. The van der Waals surface area contributed by atoms with Gasteiger partial charge in [0.15, 0.2) is 0 Å². The molecule has 1 amide bonds. The predicted molar refractivity (Wildman–Crippen MR) is 118 cm³/mol. The van der Waals surface area contributed by atoms with Crippen LogP contribution in [0.15, 0.2) is 48.5 Å². The number of primary amides is 1. The smallest absolute Gasteiger partial charge is 0.249 e. The van der Waals surface area contributed by atoms with Gasteiger partial charge in [-0.1, -0.05) is 18.2 Å². The number of rotatable bonds is 5. The summed E-state index contributed by atoms with van der Waals surface area (Å²) < 4.78 is 15.5. The van der Waals surface area contributed by atoms with Crippen molar-refractivity contribution >= 4 is 28.4 Å². The Bertz CT molecular complexity index is 1330. The molecule has 0 radical (unpaired) electrons. The fourth-order valence-electron chi connectivity index (χ4n) is 4.08. The molecule has 2 aromatic heterocycles. The molecular weight excluding hydrogens is 395 g/mol. The Morgan fingerprint density at radius 1 is 1.23 bits per heavy atom. The number of aryl methyl sites for hydroxylation is 1. The molecule has 2 aromatic carbocycles. The van der Waals surface area contributed by atoms with E-state index in [1.165, 1.54) is 12.1 Å². The number of hydrogen-bond donors (Lipinski definition) is 3. The summed E-state index contributed by atoms with van der Waals surface area (Å²) in [5.74, 6) is 1.23. The largest absolute Gasteiger partial charge is 0.369 e. The maximum absolute atomic E-state index is 13.5. The molecule has 4 N–H and O–H groups in total. The summed E-state index contributed by atoms with van der Waals surface area (Å²) in [5, 5.41) is 7.41. The Morgan fingerprint density at radius 3 is 2.87 bits per heavy atom. The van der Waals surface area contributed by atoms with Gasteiger partial charge in [-0.15, -0.1) is 0 Å². The monoisotopic (exact) mass is 416 g/mol. The highest BCUT2D eigenvalue weighted by molar-refractivity contribution is 6.06. The SMILES string of the molecule is Cc1cc2c(C(N)=O)cccc2n1-c1nc2c(c(NCc3cccc(F)c3)n1)CCN2. The number of hydrogen-bond acceptors (Lipinski definition) is 5. The van der Waals surface area contributed by atoms with E-state index in [1.807, 2.05) is 29.7 Å². The quantitative estimate of drug-likeness (QED) is 0.462. The van der Waals surface area contributed by atoms with Crippen LogP contribution in [0.4, 0.5) is 16.0 Å². The van der Waals surface area contributed by atoms with Crippen molar-refractivity contribution < 1.29 is 9.18 Å². The number of nitrogens with zero attached hydrogens (tertiary/aromatic N) is 3. The van der Waals surface area contributed by atoms with E-state index in [9.17, 15) is 9.18 Å². The number of halogens is 1. The number of aromatic nitrogens is 3. The molecule has 1 aliphatic heterocycles. The molecule has 0 spiro atoms. The second-order valence-corrected chi connectivity index (χ2v) is 7.58. The van der Waals surface area contributed by atoms with Gasteiger partial charge in [-0.2, -0.15) is 9.97 Å². The minimum Gasteiger partial charge on any atom is -0.369 e. The van der Waals surface area contributed by atoms with Crippen molar-refractivity contribution in [1.82, 2.24) is 14.5 Å². The van der Waals surface area contributed by atoms with Crippen LogP contribution in [0.3, 0.4) is 0 Å². The molecule has 0 bridgehead atoms. The fourth-order valence-corrected chi connectivity index (χ4v) is 4.08. The number of nitrogens with two attached hydrogens (primary N) is 1. The van der Waals surface area contributed by atoms with Crippen molar-refractivity contribution in [2.24, 2.45) is 5.73 Å². The van der Waals surface area contributed by atoms with Crippen LogP contribution in [0.5, 0.6) is 0 Å². The Labute approximate surface area is 178 Å². The van der Waals surface area contributed by atoms with Gasteiger partial charge < -0.3 is 16.4 Å². The Kier molecular flexibility index (Phi) is 4.54. The van der Waals surface area contributed by atoms with E-state index in [0.29, 0.717) is 23.9 Å². The first-order chi connectivity index (χ1) is 15.0. The van der Waals surface area contributed by atoms with Crippen LogP contribution < -0.4 is 16.4 Å². The van der Waals surface area contributed by atoms with E-state index in [1.54, 1.807) is 18.2 Å². The van der Waals surface area contributed by atoms with Crippen LogP contribution in [0, 0.1) is 12.7 Å². The summed E-state index contributed by atoms with van der Waals surface area (Å²) in [6.07, 6.45) is 0.804. The average Bonchev–Trinajstić information content (AvgIpc) is 3.35. The van der Waals surface area contributed by atoms with Crippen LogP contribution in [-0.4, -0.2) is 27.0 Å². The molecule has 156 valence electrons. The fraction of sp³-hybridized carbons (Fsp3) is 0.174. The zero-order chi connectivity index (χ0) is 21.5. The van der Waals surface area contributed by atoms with Gasteiger partial charge in [-0.05, 0) is 49.2 Å². The number of nitrogens with one attached hydrogen (secondary N) is 2. The lowest BCUT2D eigenvalue weighted by Gasteiger charge is -2.14. The molecule has 31 heavy (non-hydrogen) atoms. The summed E-state index contributed by atoms with van der Waals surface area (Å²) in [4.78, 5) is 21.4. The summed E-state index contributed by atoms with van der Waals surface area (Å²) in [5.41, 5.74) is 9.55. The second-order valence-electron chi connectivity index (χ2n) is 7.58. The van der Waals surface area contributed by atoms with Gasteiger partial charge in [-0.25, -0.2) is 4.39 Å². The molecule has 5 rings (SSSR count). The highest BCUT2D eigenvalue weighted by Crippen LogP contribution is 2.31. The molecule has 0 fully saturated rings. The lowest BCUT2D eigenvalue weighted by molar-refractivity contribution is 0.100. The average molecular weight is 416 g/mol. The number of carbonyl (C=O) groups is 1. The summed E-state index contributed by atoms with van der Waals surface area (Å²) in [6.45, 7) is 3.16. The van der Waals surface area contributed by atoms with Crippen LogP contribution in [-0.2, 0) is 13.0 Å². The molecule has 0 aliphatic carbocycles. The minimum absolute atomic E-state index is 0.269. The highest BCUT2D eigenvalue weighted by atomic mass is 19.1. The van der Waals surface area contributed by atoms with E-state index >= 15 is 0 Å². The van der Waals surface area contributed by atoms with Gasteiger partial charge in [-0.3, -0.25) is 9.36 Å². The van der Waals surface area contributed by atoms with Crippen LogP contribution in [0.2, 0.25) is 0 Å². The van der Waals surface area contributed by atoms with Crippen molar-refractivity contribution in [2.45, 2.75) is 19.9 Å². The number of amides is 1. The number of carbonyl (C=O) groups excluding carboxylic acids is 1. The molecule has 8 heteroatoms. The van der Waals surface area contributed by atoms with Crippen LogP contribution in [0.25, 0.3) is 16.9 Å². The molecule has 3 heterocycles. The Balaban J connectivity index is 1.60. The molecular formula is C23H21FN6O. The topological polar surface area (TPSA) is 97.9 Å². The number of fused-ring (bicyclic) bond motifs is 2. The maximum Gasteiger partial charge on any atom is 0.249 e. The van der Waals surface area contributed by atoms with Crippen molar-refractivity contribution in [3.63, 3.8) is 0 Å². The molecule has 0 unspecified atom stereocenters. The molecule has 0 saturated heterocycles. The van der Waals surface area contributed by atoms with Gasteiger partial charge in [0.25, 0.3) is 0 Å². The number of benzene rings is 2. The first kappa shape index (κ1) is 19.0. The van der Waals surface area contributed by atoms with Crippen molar-refractivity contribution in [2.75, 3.05) is 17.2 Å². The van der Waals surface area contributed by atoms with Gasteiger partial charge in [0.1, 0.15) is 17.5 Å². The highest BCUT2D eigenvalue weighted by Gasteiger charge is 2.22. The van der Waals surface area contributed by atoms with Gasteiger partial charge >= 0.3 is 0 Å². The van der Waals surface area contributed by atoms with Crippen LogP contribution >= 0.6 is 0 Å². The van der Waals surface area contributed by atoms with E-state index in [4.69, 9.17) is 15.7 Å². The molecule has 7 nitrogen and oxygen atoms in total. The maximum atomic E-state index is 13.5. The van der Waals surface area contributed by atoms with Crippen molar-refractivity contribution in [1.29, 1.82) is 0 Å².